The van der Waals surface area contributed by atoms with Crippen LogP contribution in [0.4, 0.5) is 0 Å². The Labute approximate surface area is 185 Å². The Balaban J connectivity index is 2.28. The van der Waals surface area contributed by atoms with Crippen LogP contribution in [0.25, 0.3) is 22.1 Å². The number of ether oxygens (including phenoxy) is 2. The molecule has 0 spiro atoms. The lowest BCUT2D eigenvalue weighted by Crippen LogP contribution is -2.14. The van der Waals surface area contributed by atoms with Crippen molar-refractivity contribution in [1.82, 2.24) is 4.90 Å². The highest BCUT2D eigenvalue weighted by molar-refractivity contribution is 5.87. The number of rotatable bonds is 9. The maximum Gasteiger partial charge on any atom is 0.303 e. The summed E-state index contributed by atoms with van der Waals surface area (Å²) in [6.07, 6.45) is 0.488. The molecule has 0 saturated carbocycles. The third-order valence-corrected chi connectivity index (χ3v) is 5.15. The largest absolute Gasteiger partial charge is 0.507 e. The molecule has 0 aliphatic heterocycles. The average Bonchev–Trinajstić information content (AvgIpc) is 2.75. The van der Waals surface area contributed by atoms with Crippen LogP contribution in [0.5, 0.6) is 17.2 Å². The minimum absolute atomic E-state index is 0.0321. The minimum atomic E-state index is -0.924. The van der Waals surface area contributed by atoms with Crippen molar-refractivity contribution in [3.8, 4) is 28.4 Å². The molecule has 0 radical (unpaired) electrons. The Morgan fingerprint density at radius 2 is 1.81 bits per heavy atom. The van der Waals surface area contributed by atoms with E-state index in [2.05, 4.69) is 0 Å². The van der Waals surface area contributed by atoms with Crippen molar-refractivity contribution in [1.29, 1.82) is 0 Å². The molecule has 32 heavy (non-hydrogen) atoms. The molecule has 3 aromatic rings. The first-order chi connectivity index (χ1) is 15.3. The molecular weight excluding hydrogens is 414 g/mol. The molecule has 2 N–H and O–H groups in total. The molecule has 2 aromatic carbocycles. The number of phenols is 1. The number of hydrogen-bond acceptors (Lipinski definition) is 7. The lowest BCUT2D eigenvalue weighted by atomic mass is 9.98. The van der Waals surface area contributed by atoms with E-state index in [1.54, 1.807) is 24.3 Å². The van der Waals surface area contributed by atoms with Crippen LogP contribution >= 0.6 is 0 Å². The molecule has 0 saturated heterocycles. The number of phenolic OH excluding ortho intramolecular Hbond substituents is 1. The van der Waals surface area contributed by atoms with Gasteiger partial charge in [-0.2, -0.15) is 0 Å². The number of hydrogen-bond donors (Lipinski definition) is 2. The topological polar surface area (TPSA) is 109 Å². The van der Waals surface area contributed by atoms with Crippen molar-refractivity contribution >= 4 is 16.9 Å². The zero-order valence-electron chi connectivity index (χ0n) is 18.6. The van der Waals surface area contributed by atoms with E-state index in [1.165, 1.54) is 20.3 Å². The van der Waals surface area contributed by atoms with E-state index >= 15 is 0 Å². The Kier molecular flexibility index (Phi) is 7.05. The van der Waals surface area contributed by atoms with Crippen LogP contribution in [0.3, 0.4) is 0 Å². The van der Waals surface area contributed by atoms with Gasteiger partial charge in [-0.05, 0) is 50.3 Å². The summed E-state index contributed by atoms with van der Waals surface area (Å²) >= 11 is 0. The first-order valence-electron chi connectivity index (χ1n) is 10.2. The first-order valence-corrected chi connectivity index (χ1v) is 10.2. The van der Waals surface area contributed by atoms with Crippen molar-refractivity contribution in [3.05, 3.63) is 51.9 Å². The summed E-state index contributed by atoms with van der Waals surface area (Å²) in [6.45, 7) is 0.371. The second kappa shape index (κ2) is 9.74. The SMILES string of the molecule is COc1ccc(-c2c(CCCC(=O)O)oc3c(CN(C)C)c(O)ccc3c2=O)cc1OC. The minimum Gasteiger partial charge on any atom is -0.507 e. The molecule has 0 aliphatic rings. The van der Waals surface area contributed by atoms with Gasteiger partial charge in [-0.3, -0.25) is 9.59 Å². The fraction of sp³-hybridized carbons (Fsp3) is 0.333. The third kappa shape index (κ3) is 4.70. The van der Waals surface area contributed by atoms with Crippen LogP contribution in [0.2, 0.25) is 0 Å². The van der Waals surface area contributed by atoms with Gasteiger partial charge in [0.05, 0.1) is 30.7 Å². The summed E-state index contributed by atoms with van der Waals surface area (Å²) in [7, 11) is 6.73. The van der Waals surface area contributed by atoms with Gasteiger partial charge in [-0.25, -0.2) is 0 Å². The summed E-state index contributed by atoms with van der Waals surface area (Å²) in [5.41, 5.74) is 1.46. The van der Waals surface area contributed by atoms with E-state index in [-0.39, 0.29) is 24.0 Å². The number of carboxylic acids is 1. The molecule has 0 fully saturated rings. The van der Waals surface area contributed by atoms with Gasteiger partial charge in [0, 0.05) is 19.4 Å². The highest BCUT2D eigenvalue weighted by atomic mass is 16.5. The van der Waals surface area contributed by atoms with E-state index < -0.39 is 5.97 Å². The standard InChI is InChI=1S/C24H27NO7/c1-25(2)13-16-17(26)10-9-15-23(29)22(14-8-11-18(30-3)20(12-14)31-4)19(32-24(15)16)6-5-7-21(27)28/h8-12,26H,5-7,13H2,1-4H3,(H,27,28). The summed E-state index contributed by atoms with van der Waals surface area (Å²) in [4.78, 5) is 26.5. The number of nitrogens with zero attached hydrogens (tertiary/aromatic N) is 1. The average molecular weight is 441 g/mol. The number of benzene rings is 2. The summed E-state index contributed by atoms with van der Waals surface area (Å²) in [5.74, 6) is 0.449. The molecule has 0 unspecified atom stereocenters. The number of fused-ring (bicyclic) bond motifs is 1. The molecular formula is C24H27NO7. The van der Waals surface area contributed by atoms with Gasteiger partial charge in [0.1, 0.15) is 17.1 Å². The van der Waals surface area contributed by atoms with E-state index in [9.17, 15) is 14.7 Å². The number of aliphatic carboxylic acids is 1. The van der Waals surface area contributed by atoms with Gasteiger partial charge in [-0.1, -0.05) is 6.07 Å². The molecule has 8 heteroatoms. The van der Waals surface area contributed by atoms with Crippen molar-refractivity contribution < 1.29 is 28.9 Å². The zero-order chi connectivity index (χ0) is 23.4. The molecule has 1 heterocycles. The van der Waals surface area contributed by atoms with Crippen molar-refractivity contribution in [2.24, 2.45) is 0 Å². The number of aromatic hydroxyl groups is 1. The van der Waals surface area contributed by atoms with E-state index in [1.807, 2.05) is 19.0 Å². The summed E-state index contributed by atoms with van der Waals surface area (Å²) in [5, 5.41) is 19.8. The quantitative estimate of drug-likeness (QED) is 0.518. The first kappa shape index (κ1) is 23.1. The van der Waals surface area contributed by atoms with Crippen LogP contribution in [0.1, 0.15) is 24.2 Å². The van der Waals surface area contributed by atoms with E-state index in [0.29, 0.717) is 57.9 Å². The van der Waals surface area contributed by atoms with E-state index in [4.69, 9.17) is 19.0 Å². The number of carboxylic acid groups (broad SMARTS) is 1. The predicted octanol–water partition coefficient (Wildman–Crippen LogP) is 3.65. The third-order valence-electron chi connectivity index (χ3n) is 5.15. The summed E-state index contributed by atoms with van der Waals surface area (Å²) in [6, 6.07) is 8.16. The van der Waals surface area contributed by atoms with Crippen LogP contribution in [0, 0.1) is 0 Å². The fourth-order valence-electron chi connectivity index (χ4n) is 3.68. The molecule has 170 valence electrons. The maximum absolute atomic E-state index is 13.6. The normalized spacial score (nSPS) is 11.2. The number of methoxy groups -OCH3 is 2. The van der Waals surface area contributed by atoms with Crippen molar-refractivity contribution in [2.45, 2.75) is 25.8 Å². The molecule has 0 atom stereocenters. The molecule has 0 bridgehead atoms. The molecule has 1 aromatic heterocycles. The molecule has 0 aliphatic carbocycles. The maximum atomic E-state index is 13.6. The van der Waals surface area contributed by atoms with Crippen LogP contribution in [-0.2, 0) is 17.8 Å². The second-order valence-corrected chi connectivity index (χ2v) is 7.72. The highest BCUT2D eigenvalue weighted by Crippen LogP contribution is 2.35. The van der Waals surface area contributed by atoms with Crippen LogP contribution in [0.15, 0.2) is 39.5 Å². The molecule has 3 rings (SSSR count). The Hall–Kier alpha value is -3.52. The van der Waals surface area contributed by atoms with Crippen molar-refractivity contribution in [2.75, 3.05) is 28.3 Å². The lowest BCUT2D eigenvalue weighted by molar-refractivity contribution is -0.137. The van der Waals surface area contributed by atoms with Gasteiger partial charge in [0.15, 0.2) is 11.5 Å². The smallest absolute Gasteiger partial charge is 0.303 e. The lowest BCUT2D eigenvalue weighted by Gasteiger charge is -2.16. The fourth-order valence-corrected chi connectivity index (χ4v) is 3.68. The second-order valence-electron chi connectivity index (χ2n) is 7.72. The monoisotopic (exact) mass is 441 g/mol. The number of carbonyl (C=O) groups is 1. The van der Waals surface area contributed by atoms with Crippen LogP contribution in [-0.4, -0.2) is 49.4 Å². The molecule has 8 nitrogen and oxygen atoms in total. The van der Waals surface area contributed by atoms with Crippen molar-refractivity contribution in [3.63, 3.8) is 0 Å². The van der Waals surface area contributed by atoms with Gasteiger partial charge >= 0.3 is 5.97 Å². The van der Waals surface area contributed by atoms with Gasteiger partial charge in [0.25, 0.3) is 0 Å². The van der Waals surface area contributed by atoms with E-state index in [0.717, 1.165) is 0 Å². The Bertz CT molecular complexity index is 1200. The van der Waals surface area contributed by atoms with Gasteiger partial charge in [-0.15, -0.1) is 0 Å². The molecule has 0 amide bonds. The predicted molar refractivity (Wildman–Crippen MR) is 121 cm³/mol. The zero-order valence-corrected chi connectivity index (χ0v) is 18.6. The summed E-state index contributed by atoms with van der Waals surface area (Å²) < 4.78 is 16.9. The van der Waals surface area contributed by atoms with Gasteiger partial charge in [0.2, 0.25) is 5.43 Å². The number of aryl methyl sites for hydroxylation is 1. The highest BCUT2D eigenvalue weighted by Gasteiger charge is 2.21. The Morgan fingerprint density at radius 1 is 1.09 bits per heavy atom. The van der Waals surface area contributed by atoms with Gasteiger partial charge < -0.3 is 29.0 Å². The Morgan fingerprint density at radius 3 is 2.44 bits per heavy atom. The van der Waals surface area contributed by atoms with Crippen LogP contribution < -0.4 is 14.9 Å².